The van der Waals surface area contributed by atoms with Crippen LogP contribution in [-0.4, -0.2) is 29.8 Å². The summed E-state index contributed by atoms with van der Waals surface area (Å²) in [5.41, 5.74) is 0. The molecule has 0 N–H and O–H groups in total. The zero-order valence-electron chi connectivity index (χ0n) is 9.95. The third-order valence-corrected chi connectivity index (χ3v) is 4.00. The Hall–Kier alpha value is -0.810. The van der Waals surface area contributed by atoms with Crippen LogP contribution in [0.5, 0.6) is 0 Å². The average molecular weight is 219 g/mol. The van der Waals surface area contributed by atoms with Gasteiger partial charge in [0.1, 0.15) is 5.78 Å². The highest BCUT2D eigenvalue weighted by Gasteiger charge is 2.37. The Labute approximate surface area is 98.4 Å². The van der Waals surface area contributed by atoms with Gasteiger partial charge in [-0.15, -0.1) is 12.3 Å². The summed E-state index contributed by atoms with van der Waals surface area (Å²) in [6, 6.07) is 0.535. The number of unbranched alkanes of at least 4 members (excludes halogenated alkanes) is 1. The lowest BCUT2D eigenvalue weighted by atomic mass is 9.95. The van der Waals surface area contributed by atoms with Gasteiger partial charge in [0.15, 0.2) is 0 Å². The fraction of sp³-hybridized carbons (Fsp3) is 0.786. The Bertz CT molecular complexity index is 292. The molecule has 2 atom stereocenters. The van der Waals surface area contributed by atoms with Gasteiger partial charge in [-0.3, -0.25) is 9.69 Å². The molecule has 0 amide bonds. The maximum absolute atomic E-state index is 11.8. The minimum Gasteiger partial charge on any atom is -0.300 e. The van der Waals surface area contributed by atoms with Crippen LogP contribution in [0.25, 0.3) is 0 Å². The van der Waals surface area contributed by atoms with E-state index in [1.807, 2.05) is 0 Å². The van der Waals surface area contributed by atoms with Crippen LogP contribution in [0.1, 0.15) is 44.9 Å². The molecule has 2 fully saturated rings. The van der Waals surface area contributed by atoms with Crippen LogP contribution in [0.2, 0.25) is 0 Å². The van der Waals surface area contributed by atoms with Crippen molar-refractivity contribution in [3.63, 3.8) is 0 Å². The third-order valence-electron chi connectivity index (χ3n) is 4.00. The monoisotopic (exact) mass is 219 g/mol. The minimum atomic E-state index is 0.341. The summed E-state index contributed by atoms with van der Waals surface area (Å²) in [5.74, 6) is 3.54. The van der Waals surface area contributed by atoms with Gasteiger partial charge in [0.2, 0.25) is 0 Å². The minimum absolute atomic E-state index is 0.341. The fourth-order valence-electron chi connectivity index (χ4n) is 3.22. The van der Waals surface area contributed by atoms with Gasteiger partial charge < -0.3 is 0 Å². The standard InChI is InChI=1S/C14H21NO/c1-2-3-4-10-15-11-6-8-13(15)12-7-5-9-14(12)16/h1,12-13H,3-11H2. The Balaban J connectivity index is 1.88. The van der Waals surface area contributed by atoms with Crippen LogP contribution >= 0.6 is 0 Å². The zero-order valence-corrected chi connectivity index (χ0v) is 9.95. The molecule has 0 radical (unpaired) electrons. The van der Waals surface area contributed by atoms with E-state index in [4.69, 9.17) is 6.42 Å². The molecule has 1 aliphatic heterocycles. The van der Waals surface area contributed by atoms with Crippen molar-refractivity contribution in [3.05, 3.63) is 0 Å². The van der Waals surface area contributed by atoms with Gasteiger partial charge in [-0.2, -0.15) is 0 Å². The van der Waals surface area contributed by atoms with Crippen LogP contribution in [0.3, 0.4) is 0 Å². The summed E-state index contributed by atoms with van der Waals surface area (Å²) < 4.78 is 0. The lowest BCUT2D eigenvalue weighted by Gasteiger charge is -2.28. The van der Waals surface area contributed by atoms with E-state index in [9.17, 15) is 4.79 Å². The number of rotatable bonds is 4. The Kier molecular flexibility index (Phi) is 4.01. The summed E-state index contributed by atoms with van der Waals surface area (Å²) >= 11 is 0. The number of likely N-dealkylation sites (tertiary alicyclic amines) is 1. The molecule has 1 heterocycles. The van der Waals surface area contributed by atoms with Gasteiger partial charge >= 0.3 is 0 Å². The molecule has 16 heavy (non-hydrogen) atoms. The molecule has 1 saturated carbocycles. The van der Waals surface area contributed by atoms with Gasteiger partial charge in [0.05, 0.1) is 0 Å². The van der Waals surface area contributed by atoms with Crippen molar-refractivity contribution in [3.8, 4) is 12.3 Å². The second kappa shape index (κ2) is 5.50. The van der Waals surface area contributed by atoms with Gasteiger partial charge in [-0.1, -0.05) is 0 Å². The molecule has 0 aromatic rings. The van der Waals surface area contributed by atoms with Gasteiger partial charge in [-0.05, 0) is 45.2 Å². The van der Waals surface area contributed by atoms with Gasteiger partial charge in [0.25, 0.3) is 0 Å². The molecular formula is C14H21NO. The van der Waals surface area contributed by atoms with Crippen molar-refractivity contribution in [2.75, 3.05) is 13.1 Å². The Morgan fingerprint density at radius 3 is 2.94 bits per heavy atom. The smallest absolute Gasteiger partial charge is 0.137 e. The predicted octanol–water partition coefficient (Wildman–Crippen LogP) is 2.23. The Morgan fingerprint density at radius 1 is 1.38 bits per heavy atom. The number of ketones is 1. The molecule has 2 heteroatoms. The highest BCUT2D eigenvalue weighted by molar-refractivity contribution is 5.83. The second-order valence-corrected chi connectivity index (χ2v) is 5.02. The number of carbonyl (C=O) groups is 1. The quantitative estimate of drug-likeness (QED) is 0.534. The van der Waals surface area contributed by atoms with E-state index in [1.54, 1.807) is 0 Å². The van der Waals surface area contributed by atoms with Crippen LogP contribution in [0, 0.1) is 18.3 Å². The number of Topliss-reactive ketones (excluding diaryl/α,β-unsaturated/α-hetero) is 1. The first kappa shape index (κ1) is 11.7. The average Bonchev–Trinajstić information content (AvgIpc) is 2.87. The van der Waals surface area contributed by atoms with E-state index in [1.165, 1.54) is 19.4 Å². The molecule has 88 valence electrons. The fourth-order valence-corrected chi connectivity index (χ4v) is 3.22. The first-order valence-corrected chi connectivity index (χ1v) is 6.53. The van der Waals surface area contributed by atoms with Gasteiger partial charge in [0, 0.05) is 24.8 Å². The van der Waals surface area contributed by atoms with Crippen LogP contribution in [0.4, 0.5) is 0 Å². The number of hydrogen-bond donors (Lipinski definition) is 0. The summed E-state index contributed by atoms with van der Waals surface area (Å²) in [7, 11) is 0. The predicted molar refractivity (Wildman–Crippen MR) is 65.0 cm³/mol. The molecule has 2 aliphatic rings. The Morgan fingerprint density at radius 2 is 2.25 bits per heavy atom. The molecule has 1 aliphatic carbocycles. The third kappa shape index (κ3) is 2.47. The highest BCUT2D eigenvalue weighted by atomic mass is 16.1. The van der Waals surface area contributed by atoms with Crippen molar-refractivity contribution in [1.82, 2.24) is 4.90 Å². The van der Waals surface area contributed by atoms with Crippen molar-refractivity contribution in [2.45, 2.75) is 51.0 Å². The first-order valence-electron chi connectivity index (χ1n) is 6.53. The molecule has 2 nitrogen and oxygen atoms in total. The van der Waals surface area contributed by atoms with Crippen molar-refractivity contribution < 1.29 is 4.79 Å². The molecule has 0 bridgehead atoms. The first-order chi connectivity index (χ1) is 7.83. The maximum atomic E-state index is 11.8. The van der Waals surface area contributed by atoms with Crippen LogP contribution in [0.15, 0.2) is 0 Å². The summed E-state index contributed by atoms with van der Waals surface area (Å²) in [6.07, 6.45) is 12.7. The van der Waals surface area contributed by atoms with Crippen molar-refractivity contribution in [2.24, 2.45) is 5.92 Å². The normalized spacial score (nSPS) is 30.8. The van der Waals surface area contributed by atoms with E-state index in [2.05, 4.69) is 10.8 Å². The largest absolute Gasteiger partial charge is 0.300 e. The van der Waals surface area contributed by atoms with Crippen LogP contribution in [-0.2, 0) is 4.79 Å². The molecular weight excluding hydrogens is 198 g/mol. The second-order valence-electron chi connectivity index (χ2n) is 5.02. The highest BCUT2D eigenvalue weighted by Crippen LogP contribution is 2.33. The lowest BCUT2D eigenvalue weighted by molar-refractivity contribution is -0.122. The molecule has 2 rings (SSSR count). The molecule has 0 aromatic carbocycles. The summed E-state index contributed by atoms with van der Waals surface area (Å²) in [5, 5.41) is 0. The summed E-state index contributed by atoms with van der Waals surface area (Å²) in [6.45, 7) is 2.25. The molecule has 1 saturated heterocycles. The van der Waals surface area contributed by atoms with Gasteiger partial charge in [-0.25, -0.2) is 0 Å². The number of nitrogens with zero attached hydrogens (tertiary/aromatic N) is 1. The maximum Gasteiger partial charge on any atom is 0.137 e. The SMILES string of the molecule is C#CCCCN1CCCC1C1CCCC1=O. The number of hydrogen-bond acceptors (Lipinski definition) is 2. The van der Waals surface area contributed by atoms with Crippen molar-refractivity contribution in [1.29, 1.82) is 0 Å². The van der Waals surface area contributed by atoms with E-state index in [0.29, 0.717) is 17.7 Å². The zero-order chi connectivity index (χ0) is 11.4. The molecule has 2 unspecified atom stereocenters. The van der Waals surface area contributed by atoms with Crippen molar-refractivity contribution >= 4 is 5.78 Å². The number of terminal acetylenes is 1. The van der Waals surface area contributed by atoms with E-state index in [0.717, 1.165) is 38.6 Å². The lowest BCUT2D eigenvalue weighted by Crippen LogP contribution is -2.37. The molecule has 0 spiro atoms. The van der Waals surface area contributed by atoms with E-state index < -0.39 is 0 Å². The van der Waals surface area contributed by atoms with E-state index >= 15 is 0 Å². The number of carbonyl (C=O) groups excluding carboxylic acids is 1. The van der Waals surface area contributed by atoms with Crippen LogP contribution < -0.4 is 0 Å². The summed E-state index contributed by atoms with van der Waals surface area (Å²) in [4.78, 5) is 14.3. The topological polar surface area (TPSA) is 20.3 Å². The molecule has 0 aromatic heterocycles. The van der Waals surface area contributed by atoms with E-state index in [-0.39, 0.29) is 0 Å².